The molecule has 2 aromatic heterocycles. The summed E-state index contributed by atoms with van der Waals surface area (Å²) in [5, 5.41) is 7.18. The number of hydrogen-bond donors (Lipinski definition) is 2. The van der Waals surface area contributed by atoms with Gasteiger partial charge in [0, 0.05) is 29.6 Å². The molecule has 1 aliphatic heterocycles. The second-order valence-corrected chi connectivity index (χ2v) is 7.16. The van der Waals surface area contributed by atoms with Crippen LogP contribution in [0, 0.1) is 6.92 Å². The van der Waals surface area contributed by atoms with Crippen molar-refractivity contribution in [2.45, 2.75) is 13.5 Å². The van der Waals surface area contributed by atoms with Crippen LogP contribution in [0.3, 0.4) is 0 Å². The zero-order valence-electron chi connectivity index (χ0n) is 16.0. The summed E-state index contributed by atoms with van der Waals surface area (Å²) in [6, 6.07) is 11.5. The Morgan fingerprint density at radius 1 is 1.00 bits per heavy atom. The minimum absolute atomic E-state index is 0.247. The molecule has 4 aromatic rings. The first kappa shape index (κ1) is 18.4. The van der Waals surface area contributed by atoms with E-state index in [1.54, 1.807) is 12.4 Å². The van der Waals surface area contributed by atoms with Crippen molar-refractivity contribution in [1.82, 2.24) is 19.9 Å². The van der Waals surface area contributed by atoms with Gasteiger partial charge >= 0.3 is 0 Å². The maximum atomic E-state index is 6.26. The minimum Gasteiger partial charge on any atom is -0.454 e. The Bertz CT molecular complexity index is 1250. The molecule has 8 nitrogen and oxygen atoms in total. The normalized spacial score (nSPS) is 12.2. The van der Waals surface area contributed by atoms with Crippen LogP contribution in [-0.2, 0) is 6.54 Å². The van der Waals surface area contributed by atoms with Crippen molar-refractivity contribution in [3.8, 4) is 11.5 Å². The number of fused-ring (bicyclic) bond motifs is 2. The van der Waals surface area contributed by atoms with Gasteiger partial charge in [0.2, 0.25) is 12.7 Å². The first-order valence-electron chi connectivity index (χ1n) is 9.30. The van der Waals surface area contributed by atoms with Crippen molar-refractivity contribution in [3.05, 3.63) is 64.9 Å². The molecule has 9 heteroatoms. The van der Waals surface area contributed by atoms with E-state index < -0.39 is 0 Å². The molecule has 30 heavy (non-hydrogen) atoms. The molecular formula is C21H17ClN6O2. The van der Waals surface area contributed by atoms with E-state index in [-0.39, 0.29) is 6.79 Å². The average molecular weight is 421 g/mol. The Balaban J connectivity index is 1.43. The van der Waals surface area contributed by atoms with Gasteiger partial charge in [0.1, 0.15) is 0 Å². The molecule has 0 aliphatic carbocycles. The Hall–Kier alpha value is -3.65. The van der Waals surface area contributed by atoms with Crippen molar-refractivity contribution in [3.63, 3.8) is 0 Å². The summed E-state index contributed by atoms with van der Waals surface area (Å²) >= 11 is 6.26. The first-order valence-corrected chi connectivity index (χ1v) is 9.68. The predicted molar refractivity (Wildman–Crippen MR) is 114 cm³/mol. The van der Waals surface area contributed by atoms with E-state index in [4.69, 9.17) is 21.1 Å². The van der Waals surface area contributed by atoms with Crippen molar-refractivity contribution in [1.29, 1.82) is 0 Å². The minimum atomic E-state index is 0.247. The summed E-state index contributed by atoms with van der Waals surface area (Å²) in [4.78, 5) is 17.8. The molecule has 1 aliphatic rings. The number of nitrogens with one attached hydrogen (secondary N) is 2. The highest BCUT2D eigenvalue weighted by Gasteiger charge is 2.14. The molecule has 0 saturated heterocycles. The van der Waals surface area contributed by atoms with E-state index in [1.165, 1.54) is 0 Å². The number of benzene rings is 2. The van der Waals surface area contributed by atoms with Crippen molar-refractivity contribution in [2.75, 3.05) is 17.4 Å². The molecule has 5 rings (SSSR count). The standard InChI is InChI=1S/C21H17ClN6O2/c1-12-2-4-14(9-15(12)22)26-20-18-19(24-7-6-23-18)27-21(28-20)25-10-13-3-5-16-17(8-13)30-11-29-16/h2-9H,10-11H2,1H3,(H2,24,25,26,27,28). The van der Waals surface area contributed by atoms with Gasteiger partial charge in [-0.15, -0.1) is 0 Å². The smallest absolute Gasteiger partial charge is 0.231 e. The lowest BCUT2D eigenvalue weighted by molar-refractivity contribution is 0.174. The van der Waals surface area contributed by atoms with Gasteiger partial charge in [-0.1, -0.05) is 23.7 Å². The van der Waals surface area contributed by atoms with Crippen LogP contribution < -0.4 is 20.1 Å². The summed E-state index contributed by atoms with van der Waals surface area (Å²) < 4.78 is 10.8. The molecule has 2 N–H and O–H groups in total. The van der Waals surface area contributed by atoms with E-state index in [0.29, 0.717) is 34.5 Å². The van der Waals surface area contributed by atoms with E-state index in [2.05, 4.69) is 30.6 Å². The molecule has 0 unspecified atom stereocenters. The highest BCUT2D eigenvalue weighted by Crippen LogP contribution is 2.32. The van der Waals surface area contributed by atoms with Gasteiger partial charge in [0.25, 0.3) is 0 Å². The van der Waals surface area contributed by atoms with Crippen molar-refractivity contribution >= 4 is 40.2 Å². The summed E-state index contributed by atoms with van der Waals surface area (Å²) in [6.07, 6.45) is 3.21. The predicted octanol–water partition coefficient (Wildman–Crippen LogP) is 4.47. The Morgan fingerprint density at radius 3 is 2.77 bits per heavy atom. The largest absolute Gasteiger partial charge is 0.454 e. The van der Waals surface area contributed by atoms with Gasteiger partial charge in [-0.3, -0.25) is 0 Å². The molecule has 0 atom stereocenters. The van der Waals surface area contributed by atoms with E-state index >= 15 is 0 Å². The maximum Gasteiger partial charge on any atom is 0.231 e. The quantitative estimate of drug-likeness (QED) is 0.488. The van der Waals surface area contributed by atoms with Crippen LogP contribution in [0.4, 0.5) is 17.5 Å². The number of rotatable bonds is 5. The van der Waals surface area contributed by atoms with E-state index in [9.17, 15) is 0 Å². The van der Waals surface area contributed by atoms with Gasteiger partial charge < -0.3 is 20.1 Å². The van der Waals surface area contributed by atoms with Crippen molar-refractivity contribution < 1.29 is 9.47 Å². The highest BCUT2D eigenvalue weighted by molar-refractivity contribution is 6.31. The van der Waals surface area contributed by atoms with Crippen LogP contribution in [0.2, 0.25) is 5.02 Å². The molecular weight excluding hydrogens is 404 g/mol. The number of hydrogen-bond acceptors (Lipinski definition) is 8. The molecule has 0 amide bonds. The molecule has 0 bridgehead atoms. The second-order valence-electron chi connectivity index (χ2n) is 6.75. The monoisotopic (exact) mass is 420 g/mol. The van der Waals surface area contributed by atoms with Gasteiger partial charge in [0.05, 0.1) is 0 Å². The highest BCUT2D eigenvalue weighted by atomic mass is 35.5. The van der Waals surface area contributed by atoms with Crippen LogP contribution >= 0.6 is 11.6 Å². The fraction of sp³-hybridized carbons (Fsp3) is 0.143. The number of nitrogens with zero attached hydrogens (tertiary/aromatic N) is 4. The van der Waals surface area contributed by atoms with Crippen LogP contribution in [0.5, 0.6) is 11.5 Å². The fourth-order valence-corrected chi connectivity index (χ4v) is 3.25. The van der Waals surface area contributed by atoms with Crippen LogP contribution in [0.25, 0.3) is 11.2 Å². The third kappa shape index (κ3) is 3.65. The summed E-state index contributed by atoms with van der Waals surface area (Å²) in [7, 11) is 0. The number of halogens is 1. The molecule has 0 radical (unpaired) electrons. The molecule has 3 heterocycles. The third-order valence-electron chi connectivity index (χ3n) is 4.65. The van der Waals surface area contributed by atoms with Gasteiger partial charge in [-0.05, 0) is 42.3 Å². The maximum absolute atomic E-state index is 6.26. The molecule has 150 valence electrons. The molecule has 0 saturated carbocycles. The Morgan fingerprint density at radius 2 is 1.87 bits per heavy atom. The molecule has 0 spiro atoms. The first-order chi connectivity index (χ1) is 14.7. The van der Waals surface area contributed by atoms with Gasteiger partial charge in [0.15, 0.2) is 28.5 Å². The molecule has 0 fully saturated rings. The fourth-order valence-electron chi connectivity index (χ4n) is 3.07. The summed E-state index contributed by atoms with van der Waals surface area (Å²) in [6.45, 7) is 2.71. The third-order valence-corrected chi connectivity index (χ3v) is 5.06. The lowest BCUT2D eigenvalue weighted by Gasteiger charge is -2.12. The number of ether oxygens (including phenoxy) is 2. The van der Waals surface area contributed by atoms with Gasteiger partial charge in [-0.25, -0.2) is 9.97 Å². The summed E-state index contributed by atoms with van der Waals surface area (Å²) in [5.41, 5.74) is 3.88. The van der Waals surface area contributed by atoms with E-state index in [0.717, 1.165) is 28.3 Å². The van der Waals surface area contributed by atoms with Crippen molar-refractivity contribution in [2.24, 2.45) is 0 Å². The topological polar surface area (TPSA) is 94.1 Å². The summed E-state index contributed by atoms with van der Waals surface area (Å²) in [5.74, 6) is 2.46. The average Bonchev–Trinajstić information content (AvgIpc) is 3.23. The number of aryl methyl sites for hydroxylation is 1. The lowest BCUT2D eigenvalue weighted by atomic mass is 10.2. The lowest BCUT2D eigenvalue weighted by Crippen LogP contribution is -2.07. The number of anilines is 3. The van der Waals surface area contributed by atoms with Crippen LogP contribution in [-0.4, -0.2) is 26.7 Å². The van der Waals surface area contributed by atoms with Crippen LogP contribution in [0.1, 0.15) is 11.1 Å². The number of aromatic nitrogens is 4. The van der Waals surface area contributed by atoms with Gasteiger partial charge in [-0.2, -0.15) is 9.97 Å². The van der Waals surface area contributed by atoms with Crippen LogP contribution in [0.15, 0.2) is 48.8 Å². The Kier molecular flexibility index (Phi) is 4.68. The van der Waals surface area contributed by atoms with E-state index in [1.807, 2.05) is 43.3 Å². The second kappa shape index (κ2) is 7.64. The molecule has 2 aromatic carbocycles. The zero-order chi connectivity index (χ0) is 20.5. The Labute approximate surface area is 177 Å². The zero-order valence-corrected chi connectivity index (χ0v) is 16.8. The SMILES string of the molecule is Cc1ccc(Nc2nc(NCc3ccc4c(c3)OCO4)nc3nccnc23)cc1Cl.